The number of rotatable bonds is 8. The van der Waals surface area contributed by atoms with Crippen LogP contribution in [0.15, 0.2) is 52.4 Å². The lowest BCUT2D eigenvalue weighted by molar-refractivity contribution is -0.143. The van der Waals surface area contributed by atoms with Crippen LogP contribution >= 0.6 is 11.3 Å². The van der Waals surface area contributed by atoms with Crippen LogP contribution in [0.3, 0.4) is 0 Å². The Hall–Kier alpha value is -2.78. The number of esters is 1. The highest BCUT2D eigenvalue weighted by atomic mass is 32.2. The summed E-state index contributed by atoms with van der Waals surface area (Å²) >= 11 is 1.35. The number of carbonyl (C=O) groups excluding carboxylic acids is 2. The van der Waals surface area contributed by atoms with E-state index in [1.165, 1.54) is 23.5 Å². The zero-order valence-corrected chi connectivity index (χ0v) is 20.8. The molecule has 3 aromatic rings. The molecule has 0 unspecified atom stereocenters. The number of thiazole rings is 1. The van der Waals surface area contributed by atoms with Crippen LogP contribution in [0, 0.1) is 0 Å². The van der Waals surface area contributed by atoms with Gasteiger partial charge in [0.15, 0.2) is 14.6 Å². The molecule has 0 saturated carbocycles. The Morgan fingerprint density at radius 3 is 2.39 bits per heavy atom. The minimum atomic E-state index is -3.29. The van der Waals surface area contributed by atoms with Gasteiger partial charge in [0, 0.05) is 0 Å². The van der Waals surface area contributed by atoms with Gasteiger partial charge >= 0.3 is 5.97 Å². The Balaban J connectivity index is 1.95. The van der Waals surface area contributed by atoms with E-state index in [0.29, 0.717) is 16.3 Å². The van der Waals surface area contributed by atoms with Crippen LogP contribution in [-0.2, 0) is 37.1 Å². The zero-order chi connectivity index (χ0) is 24.2. The maximum absolute atomic E-state index is 12.7. The zero-order valence-electron chi connectivity index (χ0n) is 19.2. The molecule has 0 atom stereocenters. The summed E-state index contributed by atoms with van der Waals surface area (Å²) in [7, 11) is -3.29. The largest absolute Gasteiger partial charge is 0.465 e. The van der Waals surface area contributed by atoms with E-state index in [0.717, 1.165) is 15.8 Å². The first-order valence-electron chi connectivity index (χ1n) is 10.8. The summed E-state index contributed by atoms with van der Waals surface area (Å²) in [6.07, 6.45) is 0.0251. The van der Waals surface area contributed by atoms with Crippen LogP contribution in [0.5, 0.6) is 0 Å². The Bertz CT molecular complexity index is 1330. The number of fused-ring (bicyclic) bond motifs is 1. The molecule has 0 N–H and O–H groups in total. The van der Waals surface area contributed by atoms with Gasteiger partial charge in [0.25, 0.3) is 5.91 Å². The smallest absolute Gasteiger partial charge is 0.326 e. The molecule has 0 spiro atoms. The van der Waals surface area contributed by atoms with Crippen molar-refractivity contribution in [1.29, 1.82) is 0 Å². The molecule has 0 aliphatic rings. The van der Waals surface area contributed by atoms with Crippen molar-refractivity contribution in [2.75, 3.05) is 12.4 Å². The third-order valence-corrected chi connectivity index (χ3v) is 8.00. The summed E-state index contributed by atoms with van der Waals surface area (Å²) in [6, 6.07) is 12.3. The van der Waals surface area contributed by atoms with Gasteiger partial charge in [-0.2, -0.15) is 4.99 Å². The molecule has 0 aliphatic carbocycles. The van der Waals surface area contributed by atoms with Crippen LogP contribution in [0.4, 0.5) is 0 Å². The lowest BCUT2D eigenvalue weighted by Crippen LogP contribution is -2.23. The van der Waals surface area contributed by atoms with E-state index >= 15 is 0 Å². The topological polar surface area (TPSA) is 94.8 Å². The van der Waals surface area contributed by atoms with E-state index < -0.39 is 15.8 Å². The molecule has 3 rings (SSSR count). The molecule has 0 fully saturated rings. The minimum Gasteiger partial charge on any atom is -0.465 e. The number of amides is 1. The fourth-order valence-electron chi connectivity index (χ4n) is 3.32. The third-order valence-electron chi connectivity index (χ3n) is 5.20. The lowest BCUT2D eigenvalue weighted by Gasteiger charge is -2.07. The number of aromatic nitrogens is 1. The Morgan fingerprint density at radius 1 is 1.09 bits per heavy atom. The summed E-state index contributed by atoms with van der Waals surface area (Å²) in [4.78, 5) is 29.9. The SMILES string of the molecule is CCOC(=O)Cn1c(=NC(=O)Cc2ccc(S(=O)(=O)CC)cc2)sc2cc(C(C)C)ccc21. The normalized spacial score (nSPS) is 12.5. The Labute approximate surface area is 197 Å². The predicted molar refractivity (Wildman–Crippen MR) is 129 cm³/mol. The first-order valence-corrected chi connectivity index (χ1v) is 13.3. The average molecular weight is 489 g/mol. The van der Waals surface area contributed by atoms with Gasteiger partial charge in [-0.15, -0.1) is 0 Å². The number of benzene rings is 2. The summed E-state index contributed by atoms with van der Waals surface area (Å²) in [5.41, 5.74) is 2.64. The Kier molecular flexibility index (Phi) is 7.86. The van der Waals surface area contributed by atoms with Crippen LogP contribution < -0.4 is 4.80 Å². The molecule has 1 amide bonds. The molecule has 176 valence electrons. The summed E-state index contributed by atoms with van der Waals surface area (Å²) in [5.74, 6) is -0.413. The van der Waals surface area contributed by atoms with Gasteiger partial charge in [-0.1, -0.05) is 50.3 Å². The van der Waals surface area contributed by atoms with E-state index in [9.17, 15) is 18.0 Å². The van der Waals surface area contributed by atoms with Crippen molar-refractivity contribution in [3.8, 4) is 0 Å². The highest BCUT2D eigenvalue weighted by Crippen LogP contribution is 2.24. The van der Waals surface area contributed by atoms with Gasteiger partial charge in [0.1, 0.15) is 6.54 Å². The highest BCUT2D eigenvalue weighted by Gasteiger charge is 2.15. The van der Waals surface area contributed by atoms with E-state index in [-0.39, 0.29) is 36.1 Å². The van der Waals surface area contributed by atoms with Crippen molar-refractivity contribution in [2.45, 2.75) is 51.5 Å². The summed E-state index contributed by atoms with van der Waals surface area (Å²) in [6.45, 7) is 7.78. The van der Waals surface area contributed by atoms with E-state index in [1.54, 1.807) is 30.5 Å². The number of hydrogen-bond acceptors (Lipinski definition) is 6. The van der Waals surface area contributed by atoms with Gasteiger partial charge in [0.2, 0.25) is 0 Å². The molecule has 1 aromatic heterocycles. The molecule has 0 bridgehead atoms. The van der Waals surface area contributed by atoms with Crippen molar-refractivity contribution >= 4 is 43.3 Å². The number of sulfone groups is 1. The number of ether oxygens (including phenoxy) is 1. The van der Waals surface area contributed by atoms with E-state index in [2.05, 4.69) is 24.9 Å². The molecule has 9 heteroatoms. The van der Waals surface area contributed by atoms with Crippen molar-refractivity contribution < 1.29 is 22.7 Å². The second-order valence-corrected chi connectivity index (χ2v) is 11.2. The molecule has 0 radical (unpaired) electrons. The van der Waals surface area contributed by atoms with Gasteiger partial charge in [-0.05, 0) is 48.2 Å². The molecule has 0 aliphatic heterocycles. The second-order valence-electron chi connectivity index (χ2n) is 7.89. The summed E-state index contributed by atoms with van der Waals surface area (Å²) in [5, 5.41) is 0. The highest BCUT2D eigenvalue weighted by molar-refractivity contribution is 7.91. The number of nitrogens with zero attached hydrogens (tertiary/aromatic N) is 2. The van der Waals surface area contributed by atoms with Crippen molar-refractivity contribution in [2.24, 2.45) is 4.99 Å². The van der Waals surface area contributed by atoms with Crippen molar-refractivity contribution in [3.05, 3.63) is 58.4 Å². The molecule has 7 nitrogen and oxygen atoms in total. The molecule has 1 heterocycles. The van der Waals surface area contributed by atoms with Crippen molar-refractivity contribution in [3.63, 3.8) is 0 Å². The van der Waals surface area contributed by atoms with E-state index in [4.69, 9.17) is 4.74 Å². The van der Waals surface area contributed by atoms with Crippen LogP contribution in [0.2, 0.25) is 0 Å². The lowest BCUT2D eigenvalue weighted by atomic mass is 10.0. The molecule has 0 saturated heterocycles. The first kappa shape index (κ1) is 24.9. The standard InChI is InChI=1S/C24H28N2O5S2/c1-5-31-23(28)15-26-20-12-9-18(16(3)4)14-21(20)32-24(26)25-22(27)13-17-7-10-19(11-8-17)33(29,30)6-2/h7-12,14,16H,5-6,13,15H2,1-4H3. The van der Waals surface area contributed by atoms with Crippen molar-refractivity contribution in [1.82, 2.24) is 4.57 Å². The summed E-state index contributed by atoms with van der Waals surface area (Å²) < 4.78 is 31.7. The van der Waals surface area contributed by atoms with Gasteiger partial charge in [0.05, 0.1) is 33.9 Å². The van der Waals surface area contributed by atoms with Gasteiger partial charge in [-0.3, -0.25) is 9.59 Å². The van der Waals surface area contributed by atoms with Gasteiger partial charge < -0.3 is 9.30 Å². The van der Waals surface area contributed by atoms with E-state index in [1.807, 2.05) is 12.1 Å². The second kappa shape index (κ2) is 10.4. The Morgan fingerprint density at radius 2 is 1.79 bits per heavy atom. The maximum atomic E-state index is 12.7. The number of hydrogen-bond donors (Lipinski definition) is 0. The average Bonchev–Trinajstić information content (AvgIpc) is 3.10. The fourth-order valence-corrected chi connectivity index (χ4v) is 5.30. The number of carbonyl (C=O) groups is 2. The minimum absolute atomic E-state index is 0.0194. The fraction of sp³-hybridized carbons (Fsp3) is 0.375. The maximum Gasteiger partial charge on any atom is 0.326 e. The van der Waals surface area contributed by atoms with Gasteiger partial charge in [-0.25, -0.2) is 8.42 Å². The molecular formula is C24H28N2O5S2. The first-order chi connectivity index (χ1) is 15.6. The monoisotopic (exact) mass is 488 g/mol. The van der Waals surface area contributed by atoms with Crippen LogP contribution in [0.25, 0.3) is 10.2 Å². The molecule has 33 heavy (non-hydrogen) atoms. The third kappa shape index (κ3) is 5.97. The predicted octanol–water partition coefficient (Wildman–Crippen LogP) is 3.85. The molecular weight excluding hydrogens is 460 g/mol. The van der Waals surface area contributed by atoms with Crippen LogP contribution in [0.1, 0.15) is 44.7 Å². The van der Waals surface area contributed by atoms with Crippen LogP contribution in [-0.4, -0.2) is 37.2 Å². The quantitative estimate of drug-likeness (QED) is 0.449. The molecule has 2 aromatic carbocycles.